The Balaban J connectivity index is 1.66. The number of rotatable bonds is 5. The van der Waals surface area contributed by atoms with Crippen LogP contribution in [0.3, 0.4) is 0 Å². The van der Waals surface area contributed by atoms with Crippen molar-refractivity contribution in [3.05, 3.63) is 64.7 Å². The van der Waals surface area contributed by atoms with Crippen LogP contribution in [0.2, 0.25) is 5.02 Å². The molecule has 1 amide bonds. The second kappa shape index (κ2) is 6.84. The van der Waals surface area contributed by atoms with Gasteiger partial charge in [0, 0.05) is 23.8 Å². The van der Waals surface area contributed by atoms with Crippen molar-refractivity contribution in [1.29, 1.82) is 0 Å². The van der Waals surface area contributed by atoms with Crippen molar-refractivity contribution in [2.24, 2.45) is 7.05 Å². The largest absolute Gasteiger partial charge is 0.344 e. The first-order valence-corrected chi connectivity index (χ1v) is 7.83. The summed E-state index contributed by atoms with van der Waals surface area (Å²) in [6.07, 6.45) is 5.19. The minimum absolute atomic E-state index is 0.167. The molecule has 1 N–H and O–H groups in total. The number of hydrogen-bond donors (Lipinski definition) is 1. The molecule has 1 atom stereocenters. The lowest BCUT2D eigenvalue weighted by atomic mass is 10.2. The van der Waals surface area contributed by atoms with E-state index in [1.165, 1.54) is 0 Å². The monoisotopic (exact) mass is 344 g/mol. The van der Waals surface area contributed by atoms with Crippen LogP contribution in [-0.2, 0) is 13.6 Å². The first-order chi connectivity index (χ1) is 11.5. The van der Waals surface area contributed by atoms with Crippen molar-refractivity contribution >= 4 is 17.5 Å². The number of nitrogens with one attached hydrogen (secondary N) is 1. The lowest BCUT2D eigenvalue weighted by Crippen LogP contribution is -2.26. The highest BCUT2D eigenvalue weighted by Crippen LogP contribution is 2.16. The molecule has 2 aromatic heterocycles. The molecule has 2 heterocycles. The fraction of sp³-hybridized carbons (Fsp3) is 0.250. The average molecular weight is 345 g/mol. The van der Waals surface area contributed by atoms with Gasteiger partial charge >= 0.3 is 0 Å². The number of aryl methyl sites for hydroxylation is 1. The van der Waals surface area contributed by atoms with Gasteiger partial charge in [0.1, 0.15) is 0 Å². The fourth-order valence-corrected chi connectivity index (χ4v) is 2.49. The number of hydrogen-bond acceptors (Lipinski definition) is 4. The molecule has 24 heavy (non-hydrogen) atoms. The van der Waals surface area contributed by atoms with E-state index in [-0.39, 0.29) is 17.6 Å². The summed E-state index contributed by atoms with van der Waals surface area (Å²) in [5, 5.41) is 15.6. The van der Waals surface area contributed by atoms with Gasteiger partial charge in [0.05, 0.1) is 25.0 Å². The van der Waals surface area contributed by atoms with Gasteiger partial charge < -0.3 is 5.32 Å². The molecular formula is C16H17ClN6O. The molecule has 0 aliphatic carbocycles. The summed E-state index contributed by atoms with van der Waals surface area (Å²) in [5.41, 5.74) is 2.10. The van der Waals surface area contributed by atoms with Crippen LogP contribution in [0.25, 0.3) is 0 Å². The molecule has 0 aliphatic rings. The van der Waals surface area contributed by atoms with Gasteiger partial charge in [0.2, 0.25) is 0 Å². The van der Waals surface area contributed by atoms with Crippen molar-refractivity contribution in [3.8, 4) is 0 Å². The average Bonchev–Trinajstić information content (AvgIpc) is 3.19. The number of benzene rings is 1. The fourth-order valence-electron chi connectivity index (χ4n) is 2.30. The Bertz CT molecular complexity index is 856. The molecule has 3 rings (SSSR count). The van der Waals surface area contributed by atoms with Crippen LogP contribution < -0.4 is 5.32 Å². The van der Waals surface area contributed by atoms with Gasteiger partial charge in [0.25, 0.3) is 5.91 Å². The van der Waals surface area contributed by atoms with E-state index in [9.17, 15) is 4.79 Å². The highest BCUT2D eigenvalue weighted by molar-refractivity contribution is 6.31. The summed E-state index contributed by atoms with van der Waals surface area (Å²) in [7, 11) is 1.83. The normalized spacial score (nSPS) is 12.1. The zero-order chi connectivity index (χ0) is 17.1. The minimum atomic E-state index is -0.281. The highest BCUT2D eigenvalue weighted by atomic mass is 35.5. The number of aromatic nitrogens is 5. The Kier molecular flexibility index (Phi) is 4.61. The first-order valence-electron chi connectivity index (χ1n) is 7.46. The van der Waals surface area contributed by atoms with Crippen LogP contribution in [0.4, 0.5) is 0 Å². The van der Waals surface area contributed by atoms with Crippen LogP contribution in [0.15, 0.2) is 42.9 Å². The van der Waals surface area contributed by atoms with Gasteiger partial charge in [-0.3, -0.25) is 9.48 Å². The van der Waals surface area contributed by atoms with E-state index in [0.29, 0.717) is 11.6 Å². The Morgan fingerprint density at radius 1 is 1.33 bits per heavy atom. The molecule has 0 spiro atoms. The summed E-state index contributed by atoms with van der Waals surface area (Å²) >= 11 is 6.13. The molecule has 3 aromatic rings. The molecule has 0 bridgehead atoms. The summed E-state index contributed by atoms with van der Waals surface area (Å²) in [6, 6.07) is 7.33. The number of amides is 1. The molecule has 124 valence electrons. The molecule has 1 unspecified atom stereocenters. The molecule has 0 aliphatic heterocycles. The van der Waals surface area contributed by atoms with Crippen LogP contribution in [0.1, 0.15) is 34.6 Å². The van der Waals surface area contributed by atoms with Gasteiger partial charge in [0.15, 0.2) is 5.69 Å². The maximum Gasteiger partial charge on any atom is 0.273 e. The zero-order valence-electron chi connectivity index (χ0n) is 13.3. The SMILES string of the molecule is CC(NC(=O)c1cn(Cc2ccccc2Cl)nn1)c1cnn(C)c1. The number of halogens is 1. The predicted molar refractivity (Wildman–Crippen MR) is 89.7 cm³/mol. The molecule has 1 aromatic carbocycles. The van der Waals surface area contributed by atoms with Gasteiger partial charge in [-0.15, -0.1) is 5.10 Å². The number of carbonyl (C=O) groups excluding carboxylic acids is 1. The standard InChI is InChI=1S/C16H17ClN6O/c1-11(13-7-18-22(2)8-13)19-16(24)15-10-23(21-20-15)9-12-5-3-4-6-14(12)17/h3-8,10-11H,9H2,1-2H3,(H,19,24). The summed E-state index contributed by atoms with van der Waals surface area (Å²) < 4.78 is 3.28. The van der Waals surface area contributed by atoms with Crippen molar-refractivity contribution in [2.45, 2.75) is 19.5 Å². The van der Waals surface area contributed by atoms with Crippen LogP contribution in [0.5, 0.6) is 0 Å². The summed E-state index contributed by atoms with van der Waals surface area (Å²) in [5.74, 6) is -0.281. The third kappa shape index (κ3) is 3.62. The van der Waals surface area contributed by atoms with Crippen molar-refractivity contribution in [1.82, 2.24) is 30.1 Å². The topological polar surface area (TPSA) is 77.6 Å². The lowest BCUT2D eigenvalue weighted by Gasteiger charge is -2.10. The van der Waals surface area contributed by atoms with E-state index >= 15 is 0 Å². The Labute approximate surface area is 144 Å². The first kappa shape index (κ1) is 16.2. The maximum atomic E-state index is 12.3. The molecule has 8 heteroatoms. The zero-order valence-corrected chi connectivity index (χ0v) is 14.1. The molecule has 0 fully saturated rings. The maximum absolute atomic E-state index is 12.3. The number of carbonyl (C=O) groups is 1. The van der Waals surface area contributed by atoms with E-state index in [4.69, 9.17) is 11.6 Å². The minimum Gasteiger partial charge on any atom is -0.344 e. The second-order valence-electron chi connectivity index (χ2n) is 5.54. The summed E-state index contributed by atoms with van der Waals surface area (Å²) in [6.45, 7) is 2.35. The smallest absolute Gasteiger partial charge is 0.273 e. The Hall–Kier alpha value is -2.67. The Morgan fingerprint density at radius 2 is 2.12 bits per heavy atom. The number of nitrogens with zero attached hydrogens (tertiary/aromatic N) is 5. The van der Waals surface area contributed by atoms with Crippen molar-refractivity contribution in [3.63, 3.8) is 0 Å². The Morgan fingerprint density at radius 3 is 2.83 bits per heavy atom. The van der Waals surface area contributed by atoms with E-state index in [1.807, 2.05) is 44.4 Å². The molecule has 7 nitrogen and oxygen atoms in total. The predicted octanol–water partition coefficient (Wildman–Crippen LogP) is 2.20. The van der Waals surface area contributed by atoms with E-state index in [0.717, 1.165) is 11.1 Å². The molecule has 0 saturated heterocycles. The molecular weight excluding hydrogens is 328 g/mol. The van der Waals surface area contributed by atoms with E-state index in [2.05, 4.69) is 20.7 Å². The van der Waals surface area contributed by atoms with Crippen LogP contribution in [0, 0.1) is 0 Å². The second-order valence-corrected chi connectivity index (χ2v) is 5.94. The van der Waals surface area contributed by atoms with Gasteiger partial charge in [-0.2, -0.15) is 5.10 Å². The van der Waals surface area contributed by atoms with Gasteiger partial charge in [-0.1, -0.05) is 35.0 Å². The van der Waals surface area contributed by atoms with Gasteiger partial charge in [-0.05, 0) is 18.6 Å². The van der Waals surface area contributed by atoms with Crippen LogP contribution >= 0.6 is 11.6 Å². The highest BCUT2D eigenvalue weighted by Gasteiger charge is 2.16. The van der Waals surface area contributed by atoms with E-state index < -0.39 is 0 Å². The quantitative estimate of drug-likeness (QED) is 0.769. The third-order valence-electron chi connectivity index (χ3n) is 3.63. The molecule has 0 radical (unpaired) electrons. The molecule has 0 saturated carbocycles. The third-order valence-corrected chi connectivity index (χ3v) is 4.00. The van der Waals surface area contributed by atoms with Crippen LogP contribution in [-0.4, -0.2) is 30.7 Å². The summed E-state index contributed by atoms with van der Waals surface area (Å²) in [4.78, 5) is 12.3. The van der Waals surface area contributed by atoms with E-state index in [1.54, 1.807) is 21.8 Å². The van der Waals surface area contributed by atoms with Gasteiger partial charge in [-0.25, -0.2) is 4.68 Å². The van der Waals surface area contributed by atoms with Crippen molar-refractivity contribution < 1.29 is 4.79 Å². The van der Waals surface area contributed by atoms with Crippen molar-refractivity contribution in [2.75, 3.05) is 0 Å². The lowest BCUT2D eigenvalue weighted by molar-refractivity contribution is 0.0934.